The first-order valence-corrected chi connectivity index (χ1v) is 8.76. The minimum absolute atomic E-state index is 0.484. The van der Waals surface area contributed by atoms with E-state index in [4.69, 9.17) is 0 Å². The van der Waals surface area contributed by atoms with E-state index in [2.05, 4.69) is 42.5 Å². The minimum atomic E-state index is 0.484. The van der Waals surface area contributed by atoms with E-state index < -0.39 is 0 Å². The molecule has 5 rings (SSSR count). The van der Waals surface area contributed by atoms with E-state index >= 15 is 0 Å². The molecular formula is C19H28N2. The Morgan fingerprint density at radius 2 is 2.05 bits per heavy atom. The van der Waals surface area contributed by atoms with E-state index in [-0.39, 0.29) is 0 Å². The summed E-state index contributed by atoms with van der Waals surface area (Å²) in [4.78, 5) is 4.39. The summed E-state index contributed by atoms with van der Waals surface area (Å²) in [5.41, 5.74) is 2.50. The molecule has 0 aliphatic heterocycles. The van der Waals surface area contributed by atoms with Crippen molar-refractivity contribution in [1.82, 2.24) is 10.3 Å². The van der Waals surface area contributed by atoms with Crippen molar-refractivity contribution in [2.75, 3.05) is 6.54 Å². The van der Waals surface area contributed by atoms with Crippen LogP contribution in [0.3, 0.4) is 0 Å². The van der Waals surface area contributed by atoms with Crippen LogP contribution in [-0.2, 0) is 0 Å². The Hall–Kier alpha value is -0.890. The van der Waals surface area contributed by atoms with Crippen molar-refractivity contribution in [2.24, 2.45) is 22.7 Å². The van der Waals surface area contributed by atoms with Crippen LogP contribution in [0.2, 0.25) is 0 Å². The molecular weight excluding hydrogens is 256 g/mol. The maximum absolute atomic E-state index is 4.39. The van der Waals surface area contributed by atoms with Crippen molar-refractivity contribution in [1.29, 1.82) is 0 Å². The molecule has 4 aliphatic rings. The highest BCUT2D eigenvalue weighted by Crippen LogP contribution is 2.68. The summed E-state index contributed by atoms with van der Waals surface area (Å²) in [6.07, 6.45) is 12.7. The molecule has 4 saturated carbocycles. The maximum Gasteiger partial charge on any atom is 0.0392 e. The molecule has 21 heavy (non-hydrogen) atoms. The highest BCUT2D eigenvalue weighted by Gasteiger charge is 2.58. The van der Waals surface area contributed by atoms with Crippen molar-refractivity contribution < 1.29 is 0 Å². The number of aromatic nitrogens is 1. The number of hydrogen-bond acceptors (Lipinski definition) is 2. The molecule has 114 valence electrons. The van der Waals surface area contributed by atoms with Crippen LogP contribution in [0, 0.1) is 22.7 Å². The zero-order valence-electron chi connectivity index (χ0n) is 13.4. The Bertz CT molecular complexity index is 496. The van der Waals surface area contributed by atoms with Gasteiger partial charge in [-0.3, -0.25) is 4.98 Å². The van der Waals surface area contributed by atoms with Crippen LogP contribution in [0.4, 0.5) is 0 Å². The predicted molar refractivity (Wildman–Crippen MR) is 85.9 cm³/mol. The third-order valence-electron chi connectivity index (χ3n) is 6.44. The second-order valence-corrected chi connectivity index (χ2v) is 8.41. The molecule has 2 heteroatoms. The Balaban J connectivity index is 1.72. The summed E-state index contributed by atoms with van der Waals surface area (Å²) in [6.45, 7) is 5.85. The van der Waals surface area contributed by atoms with E-state index in [0.29, 0.717) is 16.9 Å². The summed E-state index contributed by atoms with van der Waals surface area (Å²) < 4.78 is 0. The van der Waals surface area contributed by atoms with Crippen molar-refractivity contribution in [3.05, 3.63) is 30.1 Å². The van der Waals surface area contributed by atoms with Gasteiger partial charge in [-0.1, -0.05) is 19.9 Å². The summed E-state index contributed by atoms with van der Waals surface area (Å²) in [5.74, 6) is 1.96. The Kier molecular flexibility index (Phi) is 3.15. The minimum Gasteiger partial charge on any atom is -0.310 e. The highest BCUT2D eigenvalue weighted by atomic mass is 14.9. The van der Waals surface area contributed by atoms with Crippen molar-refractivity contribution >= 4 is 0 Å². The maximum atomic E-state index is 4.39. The first-order valence-electron chi connectivity index (χ1n) is 8.76. The molecule has 3 unspecified atom stereocenters. The quantitative estimate of drug-likeness (QED) is 0.889. The van der Waals surface area contributed by atoms with Crippen molar-refractivity contribution in [3.63, 3.8) is 0 Å². The van der Waals surface area contributed by atoms with Gasteiger partial charge in [-0.05, 0) is 79.4 Å². The van der Waals surface area contributed by atoms with E-state index in [9.17, 15) is 0 Å². The van der Waals surface area contributed by atoms with Crippen LogP contribution in [-0.4, -0.2) is 11.5 Å². The van der Waals surface area contributed by atoms with Crippen LogP contribution in [0.25, 0.3) is 0 Å². The van der Waals surface area contributed by atoms with Crippen LogP contribution >= 0.6 is 0 Å². The molecule has 0 radical (unpaired) electrons. The van der Waals surface area contributed by atoms with Crippen LogP contribution in [0.1, 0.15) is 64.0 Å². The van der Waals surface area contributed by atoms with E-state index in [1.807, 2.05) is 6.20 Å². The molecule has 0 saturated heterocycles. The third kappa shape index (κ3) is 2.23. The molecule has 1 N–H and O–H groups in total. The average Bonchev–Trinajstić information content (AvgIpc) is 2.43. The van der Waals surface area contributed by atoms with Crippen LogP contribution < -0.4 is 5.32 Å². The van der Waals surface area contributed by atoms with Gasteiger partial charge in [0.05, 0.1) is 0 Å². The molecule has 4 fully saturated rings. The van der Waals surface area contributed by atoms with E-state index in [1.165, 1.54) is 44.1 Å². The normalized spacial score (nSPS) is 42.2. The third-order valence-corrected chi connectivity index (χ3v) is 6.44. The standard InChI is InChI=1S/C19H28N2/c1-3-21-17(16-5-4-6-20-12-16)19-10-14-7-15(11-19)9-18(2,8-14)13-19/h4-6,12,14-15,17,21H,3,7-11,13H2,1-2H3. The van der Waals surface area contributed by atoms with Crippen LogP contribution in [0.15, 0.2) is 24.5 Å². The van der Waals surface area contributed by atoms with Gasteiger partial charge in [0.15, 0.2) is 0 Å². The van der Waals surface area contributed by atoms with Gasteiger partial charge in [0.25, 0.3) is 0 Å². The first kappa shape index (κ1) is 13.8. The number of pyridine rings is 1. The molecule has 1 heterocycles. The molecule has 3 atom stereocenters. The number of rotatable bonds is 4. The fourth-order valence-electron chi connectivity index (χ4n) is 6.57. The van der Waals surface area contributed by atoms with E-state index in [0.717, 1.165) is 18.4 Å². The molecule has 2 nitrogen and oxygen atoms in total. The topological polar surface area (TPSA) is 24.9 Å². The summed E-state index contributed by atoms with van der Waals surface area (Å²) in [6, 6.07) is 4.88. The van der Waals surface area contributed by atoms with Gasteiger partial charge < -0.3 is 5.32 Å². The van der Waals surface area contributed by atoms with Gasteiger partial charge in [-0.2, -0.15) is 0 Å². The lowest BCUT2D eigenvalue weighted by molar-refractivity contribution is -0.119. The van der Waals surface area contributed by atoms with Gasteiger partial charge in [0, 0.05) is 18.4 Å². The lowest BCUT2D eigenvalue weighted by Crippen LogP contribution is -2.55. The SMILES string of the molecule is CCNC(c1cccnc1)C12CC3CC(CC(C)(C3)C1)C2. The number of nitrogens with zero attached hydrogens (tertiary/aromatic N) is 1. The van der Waals surface area contributed by atoms with Crippen molar-refractivity contribution in [3.8, 4) is 0 Å². The smallest absolute Gasteiger partial charge is 0.0392 e. The molecule has 0 amide bonds. The largest absolute Gasteiger partial charge is 0.310 e. The molecule has 0 spiro atoms. The summed E-state index contributed by atoms with van der Waals surface area (Å²) in [5, 5.41) is 3.83. The van der Waals surface area contributed by atoms with Gasteiger partial charge in [0.1, 0.15) is 0 Å². The second kappa shape index (κ2) is 4.81. The predicted octanol–water partition coefficient (Wildman–Crippen LogP) is 4.34. The van der Waals surface area contributed by atoms with E-state index in [1.54, 1.807) is 0 Å². The van der Waals surface area contributed by atoms with Crippen LogP contribution in [0.5, 0.6) is 0 Å². The molecule has 4 bridgehead atoms. The lowest BCUT2D eigenvalue weighted by Gasteiger charge is -2.63. The van der Waals surface area contributed by atoms with Gasteiger partial charge >= 0.3 is 0 Å². The fraction of sp³-hybridized carbons (Fsp3) is 0.737. The number of hydrogen-bond donors (Lipinski definition) is 1. The van der Waals surface area contributed by atoms with Gasteiger partial charge in [-0.25, -0.2) is 0 Å². The summed E-state index contributed by atoms with van der Waals surface area (Å²) >= 11 is 0. The molecule has 1 aromatic rings. The van der Waals surface area contributed by atoms with Crippen molar-refractivity contribution in [2.45, 2.75) is 58.4 Å². The molecule has 0 aromatic carbocycles. The summed E-state index contributed by atoms with van der Waals surface area (Å²) in [7, 11) is 0. The zero-order valence-corrected chi connectivity index (χ0v) is 13.4. The fourth-order valence-corrected chi connectivity index (χ4v) is 6.57. The lowest BCUT2D eigenvalue weighted by atomic mass is 9.43. The number of nitrogens with one attached hydrogen (secondary N) is 1. The van der Waals surface area contributed by atoms with Gasteiger partial charge in [0.2, 0.25) is 0 Å². The zero-order chi connectivity index (χ0) is 14.5. The monoisotopic (exact) mass is 284 g/mol. The average molecular weight is 284 g/mol. The first-order chi connectivity index (χ1) is 10.1. The second-order valence-electron chi connectivity index (χ2n) is 8.41. The van der Waals surface area contributed by atoms with Gasteiger partial charge in [-0.15, -0.1) is 0 Å². The molecule has 1 aromatic heterocycles. The molecule has 4 aliphatic carbocycles. The Morgan fingerprint density at radius 3 is 2.62 bits per heavy atom. The Morgan fingerprint density at radius 1 is 1.29 bits per heavy atom. The highest BCUT2D eigenvalue weighted by molar-refractivity contribution is 5.21. The Labute approximate surface area is 128 Å².